The molecule has 0 unspecified atom stereocenters. The molecule has 0 spiro atoms. The Labute approximate surface area is 130 Å². The summed E-state index contributed by atoms with van der Waals surface area (Å²) in [6.07, 6.45) is 7.71. The quantitative estimate of drug-likeness (QED) is 0.787. The molecule has 0 aliphatic heterocycles. The minimum absolute atomic E-state index is 0.188. The van der Waals surface area contributed by atoms with Crippen LogP contribution in [0.3, 0.4) is 0 Å². The van der Waals surface area contributed by atoms with Crippen molar-refractivity contribution in [3.8, 4) is 0 Å². The molecule has 0 bridgehead atoms. The van der Waals surface area contributed by atoms with Gasteiger partial charge in [0.15, 0.2) is 5.82 Å². The lowest BCUT2D eigenvalue weighted by molar-refractivity contribution is 0.205. The van der Waals surface area contributed by atoms with Crippen LogP contribution in [0.25, 0.3) is 0 Å². The van der Waals surface area contributed by atoms with Gasteiger partial charge < -0.3 is 20.9 Å². The van der Waals surface area contributed by atoms with Crippen LogP contribution in [-0.4, -0.2) is 22.7 Å². The summed E-state index contributed by atoms with van der Waals surface area (Å²) >= 11 is 0. The third-order valence-corrected chi connectivity index (χ3v) is 4.92. The smallest absolute Gasteiger partial charge is 0.315 e. The lowest BCUT2D eigenvalue weighted by atomic mass is 9.96. The minimum atomic E-state index is -0.542. The number of amides is 2. The van der Waals surface area contributed by atoms with Crippen molar-refractivity contribution < 1.29 is 9.32 Å². The first-order chi connectivity index (χ1) is 10.6. The first-order valence-electron chi connectivity index (χ1n) is 8.28. The van der Waals surface area contributed by atoms with Crippen molar-refractivity contribution in [3.05, 3.63) is 11.7 Å². The standard InChI is InChI=1S/C15H25N5O2/c1-2-17-13(21)19-15(9-5-6-10-15)12-18-11(20-22-12)14(16)7-3-4-8-14/h2-10,16H2,1H3,(H2,17,19,21). The van der Waals surface area contributed by atoms with Gasteiger partial charge in [-0.1, -0.05) is 30.8 Å². The van der Waals surface area contributed by atoms with Crippen molar-refractivity contribution in [2.75, 3.05) is 6.54 Å². The Morgan fingerprint density at radius 2 is 1.86 bits per heavy atom. The number of hydrogen-bond donors (Lipinski definition) is 3. The number of carbonyl (C=O) groups is 1. The third-order valence-electron chi connectivity index (χ3n) is 4.92. The molecule has 1 heterocycles. The first-order valence-corrected chi connectivity index (χ1v) is 8.28. The van der Waals surface area contributed by atoms with E-state index in [1.165, 1.54) is 0 Å². The van der Waals surface area contributed by atoms with Gasteiger partial charge in [0.1, 0.15) is 5.54 Å². The molecule has 2 saturated carbocycles. The molecule has 2 aliphatic rings. The topological polar surface area (TPSA) is 106 Å². The number of urea groups is 1. The molecule has 1 aromatic rings. The van der Waals surface area contributed by atoms with E-state index < -0.39 is 11.1 Å². The van der Waals surface area contributed by atoms with Crippen LogP contribution in [0.2, 0.25) is 0 Å². The van der Waals surface area contributed by atoms with Crippen LogP contribution in [0.1, 0.15) is 70.0 Å². The predicted molar refractivity (Wildman–Crippen MR) is 81.0 cm³/mol. The van der Waals surface area contributed by atoms with E-state index in [1.807, 2.05) is 6.92 Å². The summed E-state index contributed by atoms with van der Waals surface area (Å²) in [6, 6.07) is -0.188. The number of hydrogen-bond acceptors (Lipinski definition) is 5. The maximum Gasteiger partial charge on any atom is 0.315 e. The van der Waals surface area contributed by atoms with Gasteiger partial charge in [-0.2, -0.15) is 4.98 Å². The molecule has 0 atom stereocenters. The zero-order valence-electron chi connectivity index (χ0n) is 13.2. The molecule has 7 heteroatoms. The van der Waals surface area contributed by atoms with Gasteiger partial charge in [-0.15, -0.1) is 0 Å². The highest BCUT2D eigenvalue weighted by Crippen LogP contribution is 2.40. The summed E-state index contributed by atoms with van der Waals surface area (Å²) in [5.41, 5.74) is 5.39. The molecule has 122 valence electrons. The van der Waals surface area contributed by atoms with Gasteiger partial charge in [0.25, 0.3) is 5.89 Å². The summed E-state index contributed by atoms with van der Waals surface area (Å²) in [5, 5.41) is 9.94. The van der Waals surface area contributed by atoms with E-state index in [4.69, 9.17) is 10.3 Å². The van der Waals surface area contributed by atoms with Crippen LogP contribution in [0.4, 0.5) is 4.79 Å². The molecule has 0 aromatic carbocycles. The minimum Gasteiger partial charge on any atom is -0.338 e. The van der Waals surface area contributed by atoms with E-state index in [9.17, 15) is 4.79 Å². The van der Waals surface area contributed by atoms with Crippen molar-refractivity contribution in [2.24, 2.45) is 5.73 Å². The SMILES string of the molecule is CCNC(=O)NC1(c2nc(C3(N)CCCC3)no2)CCCC1. The monoisotopic (exact) mass is 307 g/mol. The highest BCUT2D eigenvalue weighted by molar-refractivity contribution is 5.74. The first kappa shape index (κ1) is 15.3. The fraction of sp³-hybridized carbons (Fsp3) is 0.800. The van der Waals surface area contributed by atoms with Gasteiger partial charge in [0.2, 0.25) is 0 Å². The molecule has 0 radical (unpaired) electrons. The van der Waals surface area contributed by atoms with Gasteiger partial charge in [-0.05, 0) is 32.6 Å². The Morgan fingerprint density at radius 3 is 2.50 bits per heavy atom. The number of aromatic nitrogens is 2. The Hall–Kier alpha value is -1.63. The summed E-state index contributed by atoms with van der Waals surface area (Å²) in [4.78, 5) is 16.6. The largest absolute Gasteiger partial charge is 0.338 e. The molecule has 2 amide bonds. The molecular weight excluding hydrogens is 282 g/mol. The maximum absolute atomic E-state index is 12.0. The predicted octanol–water partition coefficient (Wildman–Crippen LogP) is 1.89. The maximum atomic E-state index is 12.0. The Bertz CT molecular complexity index is 530. The molecule has 22 heavy (non-hydrogen) atoms. The van der Waals surface area contributed by atoms with E-state index >= 15 is 0 Å². The van der Waals surface area contributed by atoms with Gasteiger partial charge >= 0.3 is 6.03 Å². The van der Waals surface area contributed by atoms with Gasteiger partial charge in [-0.3, -0.25) is 0 Å². The summed E-state index contributed by atoms with van der Waals surface area (Å²) in [7, 11) is 0. The van der Waals surface area contributed by atoms with Gasteiger partial charge in [0, 0.05) is 6.54 Å². The Kier molecular flexibility index (Phi) is 4.08. The van der Waals surface area contributed by atoms with E-state index in [0.29, 0.717) is 18.3 Å². The van der Waals surface area contributed by atoms with Crippen molar-refractivity contribution in [1.29, 1.82) is 0 Å². The fourth-order valence-electron chi connectivity index (χ4n) is 3.64. The molecule has 0 saturated heterocycles. The van der Waals surface area contributed by atoms with Crippen LogP contribution in [0.15, 0.2) is 4.52 Å². The molecule has 7 nitrogen and oxygen atoms in total. The average Bonchev–Trinajstić information content (AvgIpc) is 3.18. The summed E-state index contributed by atoms with van der Waals surface area (Å²) in [5.74, 6) is 1.09. The molecular formula is C15H25N5O2. The second-order valence-electron chi connectivity index (χ2n) is 6.56. The van der Waals surface area contributed by atoms with E-state index in [1.54, 1.807) is 0 Å². The van der Waals surface area contributed by atoms with E-state index in [0.717, 1.165) is 51.4 Å². The lowest BCUT2D eigenvalue weighted by Gasteiger charge is -2.26. The van der Waals surface area contributed by atoms with Crippen LogP contribution < -0.4 is 16.4 Å². The highest BCUT2D eigenvalue weighted by Gasteiger charge is 2.44. The third kappa shape index (κ3) is 2.69. The normalized spacial score (nSPS) is 22.6. The second-order valence-corrected chi connectivity index (χ2v) is 6.56. The van der Waals surface area contributed by atoms with E-state index in [2.05, 4.69) is 20.8 Å². The number of carbonyl (C=O) groups excluding carboxylic acids is 1. The lowest BCUT2D eigenvalue weighted by Crippen LogP contribution is -2.48. The van der Waals surface area contributed by atoms with Crippen molar-refractivity contribution in [2.45, 2.75) is 69.4 Å². The van der Waals surface area contributed by atoms with Crippen molar-refractivity contribution in [1.82, 2.24) is 20.8 Å². The second kappa shape index (κ2) is 5.87. The molecule has 1 aromatic heterocycles. The van der Waals surface area contributed by atoms with Crippen molar-refractivity contribution >= 4 is 6.03 Å². The van der Waals surface area contributed by atoms with Crippen LogP contribution in [-0.2, 0) is 11.1 Å². The number of nitrogens with zero attached hydrogens (tertiary/aromatic N) is 2. The van der Waals surface area contributed by atoms with E-state index in [-0.39, 0.29) is 6.03 Å². The average molecular weight is 307 g/mol. The Morgan fingerprint density at radius 1 is 1.23 bits per heavy atom. The van der Waals surface area contributed by atoms with Gasteiger partial charge in [0.05, 0.1) is 5.54 Å². The number of nitrogens with two attached hydrogens (primary N) is 1. The molecule has 3 rings (SSSR count). The van der Waals surface area contributed by atoms with Crippen LogP contribution >= 0.6 is 0 Å². The molecule has 2 aliphatic carbocycles. The number of nitrogens with one attached hydrogen (secondary N) is 2. The van der Waals surface area contributed by atoms with Crippen LogP contribution in [0, 0.1) is 0 Å². The summed E-state index contributed by atoms with van der Waals surface area (Å²) < 4.78 is 5.52. The Balaban J connectivity index is 1.83. The fourth-order valence-corrected chi connectivity index (χ4v) is 3.64. The summed E-state index contributed by atoms with van der Waals surface area (Å²) in [6.45, 7) is 2.48. The number of rotatable bonds is 4. The highest BCUT2D eigenvalue weighted by atomic mass is 16.5. The zero-order chi connectivity index (χ0) is 15.6. The van der Waals surface area contributed by atoms with Crippen LogP contribution in [0.5, 0.6) is 0 Å². The zero-order valence-corrected chi connectivity index (χ0v) is 13.2. The molecule has 4 N–H and O–H groups in total. The van der Waals surface area contributed by atoms with Crippen molar-refractivity contribution in [3.63, 3.8) is 0 Å². The molecule has 2 fully saturated rings. The van der Waals surface area contributed by atoms with Gasteiger partial charge in [-0.25, -0.2) is 4.79 Å².